The molecule has 0 atom stereocenters. The van der Waals surface area contributed by atoms with Crippen molar-refractivity contribution in [3.8, 4) is 11.4 Å². The van der Waals surface area contributed by atoms with E-state index in [1.165, 1.54) is 4.90 Å². The Balaban J connectivity index is 1.52. The Labute approximate surface area is 150 Å². The summed E-state index contributed by atoms with van der Waals surface area (Å²) < 4.78 is 5.01. The Morgan fingerprint density at radius 3 is 2.38 bits per heavy atom. The maximum absolute atomic E-state index is 12.1. The summed E-state index contributed by atoms with van der Waals surface area (Å²) in [5, 5.41) is 11.9. The third-order valence-corrected chi connectivity index (χ3v) is 3.63. The van der Waals surface area contributed by atoms with Crippen LogP contribution in [0.5, 0.6) is 0 Å². The van der Waals surface area contributed by atoms with Crippen LogP contribution in [0.3, 0.4) is 0 Å². The fraction of sp³-hybridized carbons (Fsp3) is 0.167. The lowest BCUT2D eigenvalue weighted by atomic mass is 10.2. The van der Waals surface area contributed by atoms with Crippen molar-refractivity contribution in [2.24, 2.45) is 0 Å². The van der Waals surface area contributed by atoms with Gasteiger partial charge >= 0.3 is 5.97 Å². The summed E-state index contributed by atoms with van der Waals surface area (Å²) in [5.41, 5.74) is 1.52. The minimum Gasteiger partial charge on any atom is -0.454 e. The number of ether oxygens (including phenoxy) is 1. The Morgan fingerprint density at radius 2 is 1.69 bits per heavy atom. The number of rotatable bonds is 6. The number of carbonyl (C=O) groups is 2. The Morgan fingerprint density at radius 1 is 1.04 bits per heavy atom. The second-order valence-corrected chi connectivity index (χ2v) is 5.46. The predicted molar refractivity (Wildman–Crippen MR) is 94.1 cm³/mol. The van der Waals surface area contributed by atoms with Crippen molar-refractivity contribution < 1.29 is 14.3 Å². The first-order chi connectivity index (χ1) is 12.6. The number of para-hydroxylation sites is 1. The molecule has 3 rings (SSSR count). The molecule has 8 heteroatoms. The van der Waals surface area contributed by atoms with Crippen LogP contribution in [0.25, 0.3) is 11.4 Å². The second-order valence-electron chi connectivity index (χ2n) is 5.46. The lowest BCUT2D eigenvalue weighted by molar-refractivity contribution is -0.148. The topological polar surface area (TPSA) is 90.2 Å². The number of tetrazole rings is 1. The van der Waals surface area contributed by atoms with E-state index in [1.807, 2.05) is 48.5 Å². The van der Waals surface area contributed by atoms with E-state index < -0.39 is 5.97 Å². The first-order valence-electron chi connectivity index (χ1n) is 7.94. The number of nitrogens with zero attached hydrogens (tertiary/aromatic N) is 5. The number of benzene rings is 2. The molecule has 0 spiro atoms. The molecule has 0 aliphatic heterocycles. The average Bonchev–Trinajstić information content (AvgIpc) is 3.15. The normalized spacial score (nSPS) is 10.3. The van der Waals surface area contributed by atoms with Crippen molar-refractivity contribution in [2.75, 3.05) is 18.6 Å². The highest BCUT2D eigenvalue weighted by Crippen LogP contribution is 2.12. The molecule has 0 fully saturated rings. The van der Waals surface area contributed by atoms with Gasteiger partial charge in [-0.05, 0) is 17.3 Å². The molecule has 0 bridgehead atoms. The fourth-order valence-corrected chi connectivity index (χ4v) is 2.21. The van der Waals surface area contributed by atoms with Gasteiger partial charge in [-0.3, -0.25) is 4.79 Å². The zero-order valence-corrected chi connectivity index (χ0v) is 14.1. The molecule has 0 radical (unpaired) electrons. The third kappa shape index (κ3) is 4.29. The molecule has 26 heavy (non-hydrogen) atoms. The third-order valence-electron chi connectivity index (χ3n) is 3.63. The lowest BCUT2D eigenvalue weighted by Crippen LogP contribution is -2.31. The van der Waals surface area contributed by atoms with Crippen LogP contribution in [0.15, 0.2) is 60.7 Å². The molecule has 132 valence electrons. The van der Waals surface area contributed by atoms with Crippen molar-refractivity contribution in [3.63, 3.8) is 0 Å². The zero-order chi connectivity index (χ0) is 18.4. The molecule has 2 aromatic carbocycles. The van der Waals surface area contributed by atoms with Crippen LogP contribution in [0.2, 0.25) is 0 Å². The van der Waals surface area contributed by atoms with Gasteiger partial charge in [0.1, 0.15) is 0 Å². The van der Waals surface area contributed by atoms with E-state index in [0.717, 1.165) is 16.0 Å². The summed E-state index contributed by atoms with van der Waals surface area (Å²) in [6, 6.07) is 18.4. The van der Waals surface area contributed by atoms with Crippen LogP contribution in [0.1, 0.15) is 0 Å². The Bertz CT molecular complexity index is 880. The van der Waals surface area contributed by atoms with Gasteiger partial charge in [0.05, 0.1) is 0 Å². The van der Waals surface area contributed by atoms with Crippen molar-refractivity contribution >= 4 is 17.6 Å². The van der Waals surface area contributed by atoms with Crippen molar-refractivity contribution in [1.82, 2.24) is 20.2 Å². The molecule has 3 aromatic rings. The highest BCUT2D eigenvalue weighted by Gasteiger charge is 2.15. The highest BCUT2D eigenvalue weighted by atomic mass is 16.5. The van der Waals surface area contributed by atoms with Gasteiger partial charge < -0.3 is 9.64 Å². The number of aromatic nitrogens is 4. The highest BCUT2D eigenvalue weighted by molar-refractivity contribution is 5.94. The van der Waals surface area contributed by atoms with E-state index in [-0.39, 0.29) is 19.1 Å². The number of anilines is 1. The van der Waals surface area contributed by atoms with Gasteiger partial charge in [-0.1, -0.05) is 48.5 Å². The summed E-state index contributed by atoms with van der Waals surface area (Å²) in [7, 11) is 1.62. The molecule has 0 N–H and O–H groups in total. The van der Waals surface area contributed by atoms with Crippen LogP contribution >= 0.6 is 0 Å². The number of carbonyl (C=O) groups excluding carboxylic acids is 2. The van der Waals surface area contributed by atoms with E-state index in [2.05, 4.69) is 15.4 Å². The van der Waals surface area contributed by atoms with Gasteiger partial charge in [-0.2, -0.15) is 4.80 Å². The molecular weight excluding hydrogens is 334 g/mol. The van der Waals surface area contributed by atoms with Crippen LogP contribution < -0.4 is 4.90 Å². The monoisotopic (exact) mass is 351 g/mol. The van der Waals surface area contributed by atoms with Gasteiger partial charge in [0.25, 0.3) is 5.91 Å². The first kappa shape index (κ1) is 17.3. The van der Waals surface area contributed by atoms with E-state index in [0.29, 0.717) is 5.82 Å². The second kappa shape index (κ2) is 8.02. The minimum atomic E-state index is -0.614. The number of hydrogen-bond donors (Lipinski definition) is 0. The molecule has 0 unspecified atom stereocenters. The number of hydrogen-bond acceptors (Lipinski definition) is 6. The summed E-state index contributed by atoms with van der Waals surface area (Å²) in [6.07, 6.45) is 0. The van der Waals surface area contributed by atoms with Crippen molar-refractivity contribution in [1.29, 1.82) is 0 Å². The molecular formula is C18H17N5O3. The summed E-state index contributed by atoms with van der Waals surface area (Å²) >= 11 is 0. The fourth-order valence-electron chi connectivity index (χ4n) is 2.21. The molecule has 0 saturated carbocycles. The van der Waals surface area contributed by atoms with Crippen LogP contribution in [-0.4, -0.2) is 45.7 Å². The molecule has 0 aliphatic carbocycles. The number of amides is 1. The summed E-state index contributed by atoms with van der Waals surface area (Å²) in [6.45, 7) is -0.577. The number of esters is 1. The molecule has 0 saturated heterocycles. The Hall–Kier alpha value is -3.55. The van der Waals surface area contributed by atoms with Gasteiger partial charge in [-0.25, -0.2) is 4.79 Å². The maximum Gasteiger partial charge on any atom is 0.330 e. The van der Waals surface area contributed by atoms with E-state index >= 15 is 0 Å². The smallest absolute Gasteiger partial charge is 0.330 e. The predicted octanol–water partition coefficient (Wildman–Crippen LogP) is 1.55. The standard InChI is InChI=1S/C18H17N5O3/c1-22(15-10-6-3-7-11-15)16(24)13-26-17(25)12-23-20-18(19-21-23)14-8-4-2-5-9-14/h2-11H,12-13H2,1H3. The minimum absolute atomic E-state index is 0.220. The maximum atomic E-state index is 12.1. The summed E-state index contributed by atoms with van der Waals surface area (Å²) in [4.78, 5) is 26.5. The van der Waals surface area contributed by atoms with Gasteiger partial charge in [0.15, 0.2) is 13.2 Å². The SMILES string of the molecule is CN(C(=O)COC(=O)Cn1nnc(-c2ccccc2)n1)c1ccccc1. The Kier molecular flexibility index (Phi) is 5.33. The molecule has 1 heterocycles. The number of likely N-dealkylation sites (N-methyl/N-ethyl adjacent to an activating group) is 1. The van der Waals surface area contributed by atoms with E-state index in [9.17, 15) is 9.59 Å². The average molecular weight is 351 g/mol. The van der Waals surface area contributed by atoms with Gasteiger partial charge in [0, 0.05) is 18.3 Å². The van der Waals surface area contributed by atoms with Gasteiger partial charge in [0.2, 0.25) is 5.82 Å². The molecule has 1 amide bonds. The van der Waals surface area contributed by atoms with Crippen molar-refractivity contribution in [2.45, 2.75) is 6.54 Å². The van der Waals surface area contributed by atoms with Crippen molar-refractivity contribution in [3.05, 3.63) is 60.7 Å². The molecule has 8 nitrogen and oxygen atoms in total. The van der Waals surface area contributed by atoms with E-state index in [1.54, 1.807) is 19.2 Å². The quantitative estimate of drug-likeness (QED) is 0.626. The first-order valence-corrected chi connectivity index (χ1v) is 7.94. The van der Waals surface area contributed by atoms with Crippen LogP contribution in [0, 0.1) is 0 Å². The molecule has 0 aliphatic rings. The van der Waals surface area contributed by atoms with Gasteiger partial charge in [-0.15, -0.1) is 10.2 Å². The lowest BCUT2D eigenvalue weighted by Gasteiger charge is -2.16. The van der Waals surface area contributed by atoms with Crippen LogP contribution in [0.4, 0.5) is 5.69 Å². The molecule has 1 aromatic heterocycles. The zero-order valence-electron chi connectivity index (χ0n) is 14.1. The largest absolute Gasteiger partial charge is 0.454 e. The van der Waals surface area contributed by atoms with E-state index in [4.69, 9.17) is 4.74 Å². The van der Waals surface area contributed by atoms with Crippen LogP contribution in [-0.2, 0) is 20.9 Å². The summed E-state index contributed by atoms with van der Waals surface area (Å²) in [5.74, 6) is -0.531.